The maximum atomic E-state index is 15.3. The summed E-state index contributed by atoms with van der Waals surface area (Å²) in [5, 5.41) is 52.8. The standard InChI is InChI=1S/C49H83N7O13/c1-14-28(7)23-31-18-21-49(65,69-48(31,13)15-2)46(10,11)45(63)52-36-39(27(5)6)68-44(62)37(26(3)4)56(67)42(60)35-32(19-20-47(35,12)64)38(57)34-24-29(8)25-51-54(34)40(58)30(9)55(66)41(59)33-17-16-22-50-53(33)43(36)61/h26-37,39,50-51,64-67H,14-25H2,1-13H3,(H,52,63)/t28-,29-,30-,31+,32?,33+,34+,35-,36?,37-,39+,47+,48+,49+/m0/s1. The molecule has 0 aromatic carbocycles. The maximum Gasteiger partial charge on any atom is 0.332 e. The van der Waals surface area contributed by atoms with Crippen LogP contribution in [0, 0.1) is 46.8 Å². The van der Waals surface area contributed by atoms with Crippen molar-refractivity contribution in [2.45, 2.75) is 208 Å². The summed E-state index contributed by atoms with van der Waals surface area (Å²) < 4.78 is 12.8. The SMILES string of the molecule is CC[C@H](C)C[C@H]1CC[C@](O)(C(C)(C)C(=O)NC2C(=O)N3NCCC[C@@H]3C(=O)N(O)[C@@H](C)C(=O)N3NC[C@@H](C)C[C@@H]3C(=O)C3CC[C@@](C)(O)[C@@H]3C(=O)N(O)[C@@H](C(C)C)C(=O)O[C@@H]2C(C)C)O[C@]1(C)CC. The summed E-state index contributed by atoms with van der Waals surface area (Å²) in [5.74, 6) is -12.9. The Morgan fingerprint density at radius 1 is 0.841 bits per heavy atom. The second-order valence-electron chi connectivity index (χ2n) is 22.6. The van der Waals surface area contributed by atoms with Crippen molar-refractivity contribution < 1.29 is 63.7 Å². The number of cyclic esters (lactones) is 1. The third-order valence-corrected chi connectivity index (χ3v) is 16.4. The molecular weight excluding hydrogens is 895 g/mol. The fraction of sp³-hybridized carbons (Fsp3) is 0.857. The van der Waals surface area contributed by atoms with Crippen molar-refractivity contribution in [3.63, 3.8) is 0 Å². The van der Waals surface area contributed by atoms with Gasteiger partial charge >= 0.3 is 5.97 Å². The Hall–Kier alpha value is -3.79. The number of carbonyl (C=O) groups excluding carboxylic acids is 7. The monoisotopic (exact) mass is 978 g/mol. The number of hydrazine groups is 2. The fourth-order valence-corrected chi connectivity index (χ4v) is 11.1. The number of esters is 1. The summed E-state index contributed by atoms with van der Waals surface area (Å²) in [5.41, 5.74) is 1.44. The second kappa shape index (κ2) is 21.5. The predicted molar refractivity (Wildman–Crippen MR) is 249 cm³/mol. The Morgan fingerprint density at radius 3 is 2.07 bits per heavy atom. The average Bonchev–Trinajstić information content (AvgIpc) is 3.62. The van der Waals surface area contributed by atoms with Crippen LogP contribution in [0.4, 0.5) is 0 Å². The van der Waals surface area contributed by atoms with Crippen molar-refractivity contribution >= 4 is 41.3 Å². The molecule has 0 radical (unpaired) electrons. The van der Waals surface area contributed by atoms with E-state index in [2.05, 4.69) is 30.0 Å². The lowest BCUT2D eigenvalue weighted by Crippen LogP contribution is -2.69. The molecule has 392 valence electrons. The number of ether oxygens (including phenoxy) is 2. The first kappa shape index (κ1) is 56.1. The van der Waals surface area contributed by atoms with Crippen LogP contribution in [0.3, 0.4) is 0 Å². The molecule has 7 N–H and O–H groups in total. The Labute approximate surface area is 407 Å². The molecule has 5 fully saturated rings. The van der Waals surface area contributed by atoms with Crippen molar-refractivity contribution in [2.75, 3.05) is 13.1 Å². The molecule has 4 saturated heterocycles. The zero-order valence-electron chi connectivity index (χ0n) is 43.2. The van der Waals surface area contributed by atoms with Crippen molar-refractivity contribution in [1.29, 1.82) is 0 Å². The number of hydroxylamine groups is 4. The van der Waals surface area contributed by atoms with Gasteiger partial charge in [-0.3, -0.25) is 49.2 Å². The third kappa shape index (κ3) is 11.0. The Kier molecular flexibility index (Phi) is 17.5. The topological polar surface area (TPSA) is 268 Å². The van der Waals surface area contributed by atoms with Gasteiger partial charge in [-0.2, -0.15) is 0 Å². The molecule has 5 aliphatic rings. The molecule has 5 amide bonds. The van der Waals surface area contributed by atoms with Gasteiger partial charge in [0.05, 0.1) is 22.5 Å². The van der Waals surface area contributed by atoms with Crippen LogP contribution >= 0.6 is 0 Å². The lowest BCUT2D eigenvalue weighted by atomic mass is 9.69. The van der Waals surface area contributed by atoms with E-state index in [4.69, 9.17) is 9.47 Å². The molecule has 0 aromatic heterocycles. The Morgan fingerprint density at radius 2 is 1.48 bits per heavy atom. The summed E-state index contributed by atoms with van der Waals surface area (Å²) in [4.78, 5) is 103. The largest absolute Gasteiger partial charge is 0.458 e. The highest BCUT2D eigenvalue weighted by molar-refractivity contribution is 5.98. The summed E-state index contributed by atoms with van der Waals surface area (Å²) in [7, 11) is 0. The number of fused-ring (bicyclic) bond motifs is 3. The molecule has 20 nitrogen and oxygen atoms in total. The lowest BCUT2D eigenvalue weighted by Gasteiger charge is -2.54. The van der Waals surface area contributed by atoms with Gasteiger partial charge in [0, 0.05) is 25.4 Å². The second-order valence-corrected chi connectivity index (χ2v) is 22.6. The van der Waals surface area contributed by atoms with Crippen molar-refractivity contribution in [2.24, 2.45) is 46.8 Å². The minimum Gasteiger partial charge on any atom is -0.458 e. The van der Waals surface area contributed by atoms with Gasteiger partial charge < -0.3 is 25.0 Å². The lowest BCUT2D eigenvalue weighted by molar-refractivity contribution is -0.340. The zero-order chi connectivity index (χ0) is 51.9. The van der Waals surface area contributed by atoms with Crippen molar-refractivity contribution in [1.82, 2.24) is 36.3 Å². The molecular formula is C49H83N7O13. The van der Waals surface area contributed by atoms with E-state index < -0.39 is 124 Å². The molecule has 4 heterocycles. The number of hydrogen-bond donors (Lipinski definition) is 7. The van der Waals surface area contributed by atoms with E-state index in [-0.39, 0.29) is 67.2 Å². The van der Waals surface area contributed by atoms with Gasteiger partial charge in [-0.15, -0.1) is 0 Å². The number of Topliss-reactive ketones (excluding diaryl/α,β-unsaturated/α-hetero) is 1. The van der Waals surface area contributed by atoms with Crippen LogP contribution in [-0.2, 0) is 43.0 Å². The van der Waals surface area contributed by atoms with Gasteiger partial charge in [-0.1, -0.05) is 61.8 Å². The van der Waals surface area contributed by atoms with E-state index in [9.17, 15) is 49.4 Å². The minimum atomic E-state index is -2.04. The highest BCUT2D eigenvalue weighted by Gasteiger charge is 2.60. The van der Waals surface area contributed by atoms with Crippen LogP contribution < -0.4 is 16.2 Å². The number of amides is 5. The summed E-state index contributed by atoms with van der Waals surface area (Å²) in [6.07, 6.45) is 1.82. The molecule has 14 atom stereocenters. The van der Waals surface area contributed by atoms with Gasteiger partial charge in [0.25, 0.3) is 23.6 Å². The predicted octanol–water partition coefficient (Wildman–Crippen LogP) is 3.23. The van der Waals surface area contributed by atoms with E-state index in [0.717, 1.165) is 22.9 Å². The molecule has 20 heteroatoms. The fourth-order valence-electron chi connectivity index (χ4n) is 11.1. The van der Waals surface area contributed by atoms with E-state index in [1.165, 1.54) is 27.7 Å². The average molecular weight is 978 g/mol. The van der Waals surface area contributed by atoms with Gasteiger partial charge in [0.1, 0.15) is 30.3 Å². The van der Waals surface area contributed by atoms with Gasteiger partial charge in [0.15, 0.2) is 17.6 Å². The Balaban J connectivity index is 1.63. The summed E-state index contributed by atoms with van der Waals surface area (Å²) in [6, 6.07) is -7.89. The number of carbonyl (C=O) groups is 7. The molecule has 2 unspecified atom stereocenters. The summed E-state index contributed by atoms with van der Waals surface area (Å²) in [6.45, 7) is 22.3. The molecule has 4 aliphatic heterocycles. The maximum absolute atomic E-state index is 15.3. The number of rotatable bonds is 9. The van der Waals surface area contributed by atoms with Crippen molar-refractivity contribution in [3.05, 3.63) is 0 Å². The number of nitrogens with one attached hydrogen (secondary N) is 3. The molecule has 0 aromatic rings. The van der Waals surface area contributed by atoms with E-state index in [1.807, 2.05) is 20.8 Å². The van der Waals surface area contributed by atoms with Crippen LogP contribution in [0.5, 0.6) is 0 Å². The molecule has 5 rings (SSSR count). The van der Waals surface area contributed by atoms with Crippen LogP contribution in [0.2, 0.25) is 0 Å². The molecule has 1 aliphatic carbocycles. The molecule has 0 spiro atoms. The first-order valence-corrected chi connectivity index (χ1v) is 25.4. The number of hydrogen-bond acceptors (Lipinski definition) is 15. The smallest absolute Gasteiger partial charge is 0.332 e. The zero-order valence-corrected chi connectivity index (χ0v) is 43.2. The molecule has 69 heavy (non-hydrogen) atoms. The van der Waals surface area contributed by atoms with E-state index in [0.29, 0.717) is 25.2 Å². The van der Waals surface area contributed by atoms with Gasteiger partial charge in [-0.05, 0) is 116 Å². The van der Waals surface area contributed by atoms with E-state index in [1.54, 1.807) is 27.7 Å². The number of nitrogens with zero attached hydrogens (tertiary/aromatic N) is 4. The molecule has 0 bridgehead atoms. The van der Waals surface area contributed by atoms with Crippen LogP contribution in [0.15, 0.2) is 0 Å². The number of aliphatic hydroxyl groups is 2. The quantitative estimate of drug-likeness (QED) is 0.129. The van der Waals surface area contributed by atoms with Crippen LogP contribution in [0.25, 0.3) is 0 Å². The Bertz CT molecular complexity index is 1930. The highest BCUT2D eigenvalue weighted by atomic mass is 16.6. The third-order valence-electron chi connectivity index (χ3n) is 16.4. The first-order valence-electron chi connectivity index (χ1n) is 25.4. The number of ketones is 1. The van der Waals surface area contributed by atoms with E-state index >= 15 is 4.79 Å². The van der Waals surface area contributed by atoms with Crippen LogP contribution in [-0.4, -0.2) is 148 Å². The van der Waals surface area contributed by atoms with Gasteiger partial charge in [-0.25, -0.2) is 25.8 Å². The first-order chi connectivity index (χ1) is 32.0. The highest BCUT2D eigenvalue weighted by Crippen LogP contribution is 2.50. The normalized spacial score (nSPS) is 37.7. The van der Waals surface area contributed by atoms with Crippen molar-refractivity contribution in [3.8, 4) is 0 Å². The summed E-state index contributed by atoms with van der Waals surface area (Å²) >= 11 is 0. The minimum absolute atomic E-state index is 0.00375. The van der Waals surface area contributed by atoms with Crippen LogP contribution in [0.1, 0.15) is 154 Å². The van der Waals surface area contributed by atoms with Gasteiger partial charge in [0.2, 0.25) is 5.91 Å². The molecule has 1 saturated carbocycles.